The Balaban J connectivity index is 3.94. The fourth-order valence-corrected chi connectivity index (χ4v) is 0.942. The van der Waals surface area contributed by atoms with Gasteiger partial charge >= 0.3 is 0 Å². The van der Waals surface area contributed by atoms with Gasteiger partial charge in [0.05, 0.1) is 0 Å². The number of hydrogen-bond acceptors (Lipinski definition) is 1. The maximum absolute atomic E-state index is 5.45. The molecule has 0 saturated heterocycles. The first-order chi connectivity index (χ1) is 5.85. The van der Waals surface area contributed by atoms with E-state index in [2.05, 4.69) is 25.7 Å². The van der Waals surface area contributed by atoms with Crippen LogP contribution in [0.5, 0.6) is 0 Å². The van der Waals surface area contributed by atoms with E-state index in [9.17, 15) is 0 Å². The third-order valence-electron chi connectivity index (χ3n) is 1.55. The van der Waals surface area contributed by atoms with Crippen LogP contribution in [-0.2, 0) is 0 Å². The fraction of sp³-hybridized carbons (Fsp3) is 0.455. The van der Waals surface area contributed by atoms with E-state index >= 15 is 0 Å². The summed E-state index contributed by atoms with van der Waals surface area (Å²) in [6, 6.07) is 0. The summed E-state index contributed by atoms with van der Waals surface area (Å²) >= 11 is 0. The molecule has 0 radical (unpaired) electrons. The molecule has 0 bridgehead atoms. The average molecular weight is 165 g/mol. The molecule has 12 heavy (non-hydrogen) atoms. The first kappa shape index (κ1) is 11.2. The Labute approximate surface area is 75.7 Å². The standard InChI is InChI=1S/C11H19N/c1-3-5-6-8-11(7-4-2)9-10-12/h4,6-8H,2-3,5,9-10,12H2,1H3/b8-6-,11-7+. The van der Waals surface area contributed by atoms with Crippen molar-refractivity contribution >= 4 is 0 Å². The van der Waals surface area contributed by atoms with Crippen molar-refractivity contribution < 1.29 is 0 Å². The van der Waals surface area contributed by atoms with Crippen LogP contribution in [0.3, 0.4) is 0 Å². The van der Waals surface area contributed by atoms with E-state index in [1.807, 2.05) is 6.08 Å². The summed E-state index contributed by atoms with van der Waals surface area (Å²) in [5.74, 6) is 0. The van der Waals surface area contributed by atoms with Gasteiger partial charge in [-0.15, -0.1) is 0 Å². The Bertz CT molecular complexity index is 166. The van der Waals surface area contributed by atoms with Crippen LogP contribution in [0.4, 0.5) is 0 Å². The van der Waals surface area contributed by atoms with Crippen molar-refractivity contribution in [3.05, 3.63) is 36.5 Å². The summed E-state index contributed by atoms with van der Waals surface area (Å²) in [7, 11) is 0. The molecule has 0 amide bonds. The van der Waals surface area contributed by atoms with Gasteiger partial charge in [0.15, 0.2) is 0 Å². The Morgan fingerprint density at radius 3 is 2.75 bits per heavy atom. The van der Waals surface area contributed by atoms with Crippen LogP contribution in [0.15, 0.2) is 36.5 Å². The second-order valence-electron chi connectivity index (χ2n) is 2.71. The zero-order valence-electron chi connectivity index (χ0n) is 7.92. The van der Waals surface area contributed by atoms with Crippen molar-refractivity contribution in [2.45, 2.75) is 26.2 Å². The maximum Gasteiger partial charge on any atom is -0.00367 e. The topological polar surface area (TPSA) is 26.0 Å². The summed E-state index contributed by atoms with van der Waals surface area (Å²) in [5.41, 5.74) is 6.72. The van der Waals surface area contributed by atoms with E-state index < -0.39 is 0 Å². The van der Waals surface area contributed by atoms with Crippen molar-refractivity contribution in [2.75, 3.05) is 6.54 Å². The van der Waals surface area contributed by atoms with Gasteiger partial charge in [0, 0.05) is 0 Å². The van der Waals surface area contributed by atoms with Gasteiger partial charge < -0.3 is 5.73 Å². The van der Waals surface area contributed by atoms with Crippen LogP contribution in [0.1, 0.15) is 26.2 Å². The molecule has 0 aromatic heterocycles. The molecule has 0 aliphatic heterocycles. The molecule has 0 rings (SSSR count). The van der Waals surface area contributed by atoms with Gasteiger partial charge in [-0.05, 0) is 25.0 Å². The largest absolute Gasteiger partial charge is 0.330 e. The molecule has 0 heterocycles. The van der Waals surface area contributed by atoms with Gasteiger partial charge in [-0.1, -0.05) is 44.2 Å². The van der Waals surface area contributed by atoms with Crippen molar-refractivity contribution in [3.8, 4) is 0 Å². The Morgan fingerprint density at radius 1 is 1.50 bits per heavy atom. The van der Waals surface area contributed by atoms with Crippen LogP contribution in [-0.4, -0.2) is 6.54 Å². The molecule has 0 spiro atoms. The molecule has 1 nitrogen and oxygen atoms in total. The molecule has 0 aliphatic carbocycles. The quantitative estimate of drug-likeness (QED) is 0.602. The van der Waals surface area contributed by atoms with Crippen molar-refractivity contribution in [3.63, 3.8) is 0 Å². The predicted octanol–water partition coefficient (Wildman–Crippen LogP) is 2.80. The lowest BCUT2D eigenvalue weighted by Gasteiger charge is -1.96. The highest BCUT2D eigenvalue weighted by Crippen LogP contribution is 2.03. The number of allylic oxidation sites excluding steroid dienone is 4. The Morgan fingerprint density at radius 2 is 2.25 bits per heavy atom. The van der Waals surface area contributed by atoms with E-state index in [0.29, 0.717) is 6.54 Å². The maximum atomic E-state index is 5.45. The molecule has 1 heteroatoms. The second kappa shape index (κ2) is 8.28. The summed E-state index contributed by atoms with van der Waals surface area (Å²) in [6.45, 7) is 6.54. The minimum atomic E-state index is 0.705. The highest BCUT2D eigenvalue weighted by Gasteiger charge is 1.87. The van der Waals surface area contributed by atoms with Crippen LogP contribution in [0.25, 0.3) is 0 Å². The molecule has 0 unspecified atom stereocenters. The lowest BCUT2D eigenvalue weighted by atomic mass is 10.1. The van der Waals surface area contributed by atoms with E-state index in [1.54, 1.807) is 6.08 Å². The van der Waals surface area contributed by atoms with Crippen molar-refractivity contribution in [1.82, 2.24) is 0 Å². The molecular weight excluding hydrogens is 146 g/mol. The molecule has 0 fully saturated rings. The summed E-state index contributed by atoms with van der Waals surface area (Å²) in [5, 5.41) is 0. The number of rotatable bonds is 6. The van der Waals surface area contributed by atoms with Gasteiger partial charge in [-0.2, -0.15) is 0 Å². The zero-order valence-corrected chi connectivity index (χ0v) is 7.92. The second-order valence-corrected chi connectivity index (χ2v) is 2.71. The van der Waals surface area contributed by atoms with Gasteiger partial charge in [-0.3, -0.25) is 0 Å². The van der Waals surface area contributed by atoms with Crippen LogP contribution in [0, 0.1) is 0 Å². The minimum absolute atomic E-state index is 0.705. The molecule has 0 saturated carbocycles. The molecule has 68 valence electrons. The van der Waals surface area contributed by atoms with Crippen molar-refractivity contribution in [1.29, 1.82) is 0 Å². The first-order valence-electron chi connectivity index (χ1n) is 4.53. The molecule has 0 aromatic carbocycles. The highest BCUT2D eigenvalue weighted by molar-refractivity contribution is 5.22. The third-order valence-corrected chi connectivity index (χ3v) is 1.55. The van der Waals surface area contributed by atoms with E-state index in [1.165, 1.54) is 12.0 Å². The van der Waals surface area contributed by atoms with Gasteiger partial charge in [0.2, 0.25) is 0 Å². The van der Waals surface area contributed by atoms with E-state index in [0.717, 1.165) is 12.8 Å². The monoisotopic (exact) mass is 165 g/mol. The lowest BCUT2D eigenvalue weighted by Crippen LogP contribution is -1.98. The van der Waals surface area contributed by atoms with E-state index in [-0.39, 0.29) is 0 Å². The van der Waals surface area contributed by atoms with Gasteiger partial charge in [0.1, 0.15) is 0 Å². The third kappa shape index (κ3) is 5.93. The lowest BCUT2D eigenvalue weighted by molar-refractivity contribution is 0.944. The molecule has 0 aliphatic rings. The van der Waals surface area contributed by atoms with Crippen molar-refractivity contribution in [2.24, 2.45) is 5.73 Å². The van der Waals surface area contributed by atoms with Gasteiger partial charge in [0.25, 0.3) is 0 Å². The number of hydrogen-bond donors (Lipinski definition) is 1. The fourth-order valence-electron chi connectivity index (χ4n) is 0.942. The first-order valence-corrected chi connectivity index (χ1v) is 4.53. The summed E-state index contributed by atoms with van der Waals surface area (Å²) in [6.07, 6.45) is 11.4. The average Bonchev–Trinajstić information content (AvgIpc) is 2.06. The van der Waals surface area contributed by atoms with Crippen LogP contribution >= 0.6 is 0 Å². The molecular formula is C11H19N. The molecule has 2 N–H and O–H groups in total. The highest BCUT2D eigenvalue weighted by atomic mass is 14.5. The smallest absolute Gasteiger partial charge is 0.00367 e. The van der Waals surface area contributed by atoms with Crippen LogP contribution in [0.2, 0.25) is 0 Å². The van der Waals surface area contributed by atoms with Crippen LogP contribution < -0.4 is 5.73 Å². The van der Waals surface area contributed by atoms with E-state index in [4.69, 9.17) is 5.73 Å². The number of nitrogens with two attached hydrogens (primary N) is 1. The summed E-state index contributed by atoms with van der Waals surface area (Å²) in [4.78, 5) is 0. The normalized spacial score (nSPS) is 12.3. The predicted molar refractivity (Wildman–Crippen MR) is 56.0 cm³/mol. The molecule has 0 aromatic rings. The zero-order chi connectivity index (χ0) is 9.23. The molecule has 0 atom stereocenters. The minimum Gasteiger partial charge on any atom is -0.330 e. The Kier molecular flexibility index (Phi) is 7.71. The Hall–Kier alpha value is -0.820. The summed E-state index contributed by atoms with van der Waals surface area (Å²) < 4.78 is 0. The van der Waals surface area contributed by atoms with Gasteiger partial charge in [-0.25, -0.2) is 0 Å². The number of unbranched alkanes of at least 4 members (excludes halogenated alkanes) is 1. The SMILES string of the molecule is C=C/C=C(\C=C/CCC)CCN.